The Morgan fingerprint density at radius 3 is 2.39 bits per heavy atom. The summed E-state index contributed by atoms with van der Waals surface area (Å²) in [5.74, 6) is 3.40. The van der Waals surface area contributed by atoms with Crippen molar-refractivity contribution in [2.24, 2.45) is 0 Å². The van der Waals surface area contributed by atoms with Crippen LogP contribution in [0.5, 0.6) is 5.75 Å². The van der Waals surface area contributed by atoms with Crippen LogP contribution in [-0.2, 0) is 23.0 Å². The predicted molar refractivity (Wildman–Crippen MR) is 142 cm³/mol. The Morgan fingerprint density at radius 1 is 1.03 bits per heavy atom. The first kappa shape index (κ1) is 25.4. The van der Waals surface area contributed by atoms with Gasteiger partial charge < -0.3 is 14.4 Å². The van der Waals surface area contributed by atoms with Gasteiger partial charge in [-0.05, 0) is 67.6 Å². The highest BCUT2D eigenvalue weighted by Gasteiger charge is 2.23. The van der Waals surface area contributed by atoms with Crippen molar-refractivity contribution < 1.29 is 18.3 Å². The standard InChI is InChI=1S/C29H30N2O4S/c1-22-8-14-27(15-9-22)36(33,34)31(18-16-23(2)32)19-17-25-21-30(29-7-5-4-6-28(25)29)20-24-10-12-26(35-3)13-11-24/h4-15,21,23,32H,17,19-20H2,1-3H3. The minimum atomic E-state index is -3.86. The number of sulfonamides is 1. The average Bonchev–Trinajstić information content (AvgIpc) is 3.21. The van der Waals surface area contributed by atoms with Crippen LogP contribution in [-0.4, -0.2) is 42.2 Å². The van der Waals surface area contributed by atoms with Gasteiger partial charge in [-0.25, -0.2) is 12.7 Å². The molecular weight excluding hydrogens is 472 g/mol. The monoisotopic (exact) mass is 502 g/mol. The highest BCUT2D eigenvalue weighted by atomic mass is 32.2. The van der Waals surface area contributed by atoms with Crippen molar-refractivity contribution in [2.45, 2.75) is 37.8 Å². The highest BCUT2D eigenvalue weighted by molar-refractivity contribution is 7.89. The van der Waals surface area contributed by atoms with Crippen LogP contribution in [0.4, 0.5) is 0 Å². The van der Waals surface area contributed by atoms with Gasteiger partial charge in [-0.2, -0.15) is 0 Å². The van der Waals surface area contributed by atoms with E-state index in [2.05, 4.69) is 34.9 Å². The van der Waals surface area contributed by atoms with Crippen LogP contribution in [0.25, 0.3) is 10.9 Å². The number of fused-ring (bicyclic) bond motifs is 1. The molecule has 0 aliphatic rings. The second kappa shape index (κ2) is 10.9. The Kier molecular flexibility index (Phi) is 7.68. The smallest absolute Gasteiger partial charge is 0.270 e. The van der Waals surface area contributed by atoms with Crippen LogP contribution in [0.15, 0.2) is 83.9 Å². The molecule has 6 nitrogen and oxygen atoms in total. The van der Waals surface area contributed by atoms with Crippen molar-refractivity contribution in [2.75, 3.05) is 13.7 Å². The van der Waals surface area contributed by atoms with E-state index in [1.807, 2.05) is 43.3 Å². The number of rotatable bonds is 8. The fraction of sp³-hybridized carbons (Fsp3) is 0.241. The molecule has 4 aromatic rings. The lowest BCUT2D eigenvalue weighted by molar-refractivity contribution is 0.253. The number of para-hydroxylation sites is 1. The molecule has 1 aromatic heterocycles. The number of benzene rings is 3. The first-order valence-corrected chi connectivity index (χ1v) is 13.2. The lowest BCUT2D eigenvalue weighted by Gasteiger charge is -2.18. The Morgan fingerprint density at radius 2 is 1.72 bits per heavy atom. The maximum Gasteiger partial charge on any atom is 0.270 e. The summed E-state index contributed by atoms with van der Waals surface area (Å²) in [7, 11) is -2.21. The number of aryl methyl sites for hydroxylation is 1. The van der Waals surface area contributed by atoms with E-state index in [-0.39, 0.29) is 11.4 Å². The molecule has 0 saturated heterocycles. The molecule has 0 bridgehead atoms. The number of hydrogen-bond acceptors (Lipinski definition) is 4. The average molecular weight is 503 g/mol. The topological polar surface area (TPSA) is 71.8 Å². The Hall–Kier alpha value is -3.73. The number of nitrogens with zero attached hydrogens (tertiary/aromatic N) is 2. The normalized spacial score (nSPS) is 12.1. The molecule has 0 spiro atoms. The molecule has 0 aliphatic carbocycles. The number of methoxy groups -OCH3 is 1. The molecule has 7 heteroatoms. The van der Waals surface area contributed by atoms with Crippen molar-refractivity contribution in [1.82, 2.24) is 8.87 Å². The number of aromatic nitrogens is 1. The summed E-state index contributed by atoms with van der Waals surface area (Å²) in [5, 5.41) is 10.7. The van der Waals surface area contributed by atoms with Gasteiger partial charge in [0.25, 0.3) is 10.0 Å². The number of aliphatic hydroxyl groups excluding tert-OH is 1. The predicted octanol–water partition coefficient (Wildman–Crippen LogP) is 4.58. The number of ether oxygens (including phenoxy) is 1. The minimum absolute atomic E-state index is 0.159. The van der Waals surface area contributed by atoms with Crippen LogP contribution in [0, 0.1) is 18.9 Å². The van der Waals surface area contributed by atoms with E-state index in [1.54, 1.807) is 31.4 Å². The molecular formula is C29H30N2O4S. The third-order valence-corrected chi connectivity index (χ3v) is 7.70. The van der Waals surface area contributed by atoms with Crippen LogP contribution in [0.3, 0.4) is 0 Å². The van der Waals surface area contributed by atoms with Gasteiger partial charge in [0.1, 0.15) is 11.9 Å². The third kappa shape index (κ3) is 5.73. The molecule has 186 valence electrons. The molecule has 1 unspecified atom stereocenters. The van der Waals surface area contributed by atoms with Gasteiger partial charge in [-0.3, -0.25) is 0 Å². The zero-order valence-corrected chi connectivity index (χ0v) is 21.5. The molecule has 0 amide bonds. The second-order valence-electron chi connectivity index (χ2n) is 8.72. The molecule has 1 N–H and O–H groups in total. The lowest BCUT2D eigenvalue weighted by atomic mass is 10.1. The summed E-state index contributed by atoms with van der Waals surface area (Å²) < 4.78 is 35.3. The molecule has 4 rings (SSSR count). The van der Waals surface area contributed by atoms with Crippen LogP contribution in [0.2, 0.25) is 0 Å². The first-order chi connectivity index (χ1) is 17.3. The molecule has 0 aliphatic heterocycles. The van der Waals surface area contributed by atoms with Crippen molar-refractivity contribution in [1.29, 1.82) is 0 Å². The van der Waals surface area contributed by atoms with Crippen LogP contribution >= 0.6 is 0 Å². The third-order valence-electron chi connectivity index (χ3n) is 5.97. The summed E-state index contributed by atoms with van der Waals surface area (Å²) in [6.07, 6.45) is 1.61. The zero-order valence-electron chi connectivity index (χ0n) is 20.7. The Labute approximate surface area is 212 Å². The Bertz CT molecular complexity index is 1490. The van der Waals surface area contributed by atoms with E-state index < -0.39 is 16.1 Å². The van der Waals surface area contributed by atoms with Crippen molar-refractivity contribution in [3.8, 4) is 17.7 Å². The molecule has 1 atom stereocenters. The van der Waals surface area contributed by atoms with E-state index in [1.165, 1.54) is 6.92 Å². The van der Waals surface area contributed by atoms with Gasteiger partial charge in [-0.15, -0.1) is 0 Å². The quantitative estimate of drug-likeness (QED) is 0.283. The van der Waals surface area contributed by atoms with E-state index in [0.29, 0.717) is 13.0 Å². The Balaban J connectivity index is 1.63. The fourth-order valence-electron chi connectivity index (χ4n) is 4.04. The van der Waals surface area contributed by atoms with Gasteiger partial charge in [-0.1, -0.05) is 48.0 Å². The van der Waals surface area contributed by atoms with Crippen molar-refractivity contribution in [3.05, 3.63) is 95.7 Å². The summed E-state index contributed by atoms with van der Waals surface area (Å²) in [5.41, 5.74) is 4.21. The maximum atomic E-state index is 13.4. The number of hydrogen-bond donors (Lipinski definition) is 1. The fourth-order valence-corrected chi connectivity index (χ4v) is 5.28. The molecule has 3 aromatic carbocycles. The minimum Gasteiger partial charge on any atom is -0.497 e. The van der Waals surface area contributed by atoms with Gasteiger partial charge in [0, 0.05) is 36.2 Å². The first-order valence-electron chi connectivity index (χ1n) is 11.8. The summed E-state index contributed by atoms with van der Waals surface area (Å²) in [6, 6.07) is 25.4. The number of aliphatic hydroxyl groups is 1. The SMILES string of the molecule is COc1ccc(Cn2cc(CCN(C#CC(C)O)S(=O)(=O)c3ccc(C)cc3)c3ccccc32)cc1. The molecule has 0 fully saturated rings. The maximum absolute atomic E-state index is 13.4. The summed E-state index contributed by atoms with van der Waals surface area (Å²) >= 11 is 0. The summed E-state index contributed by atoms with van der Waals surface area (Å²) in [6.45, 7) is 4.25. The van der Waals surface area contributed by atoms with E-state index in [9.17, 15) is 13.5 Å². The van der Waals surface area contributed by atoms with E-state index >= 15 is 0 Å². The van der Waals surface area contributed by atoms with Gasteiger partial charge in [0.2, 0.25) is 0 Å². The molecule has 0 saturated carbocycles. The second-order valence-corrected chi connectivity index (χ2v) is 10.6. The zero-order chi connectivity index (χ0) is 25.7. The van der Waals surface area contributed by atoms with Crippen molar-refractivity contribution >= 4 is 20.9 Å². The molecule has 36 heavy (non-hydrogen) atoms. The highest BCUT2D eigenvalue weighted by Crippen LogP contribution is 2.25. The lowest BCUT2D eigenvalue weighted by Crippen LogP contribution is -2.29. The van der Waals surface area contributed by atoms with Crippen LogP contribution in [0.1, 0.15) is 23.6 Å². The van der Waals surface area contributed by atoms with E-state index in [0.717, 1.165) is 37.6 Å². The van der Waals surface area contributed by atoms with E-state index in [4.69, 9.17) is 4.74 Å². The largest absolute Gasteiger partial charge is 0.497 e. The van der Waals surface area contributed by atoms with Crippen molar-refractivity contribution in [3.63, 3.8) is 0 Å². The van der Waals surface area contributed by atoms with Gasteiger partial charge in [0.05, 0.1) is 12.0 Å². The molecule has 0 radical (unpaired) electrons. The van der Waals surface area contributed by atoms with Crippen LogP contribution < -0.4 is 4.74 Å². The molecule has 1 heterocycles. The van der Waals surface area contributed by atoms with Gasteiger partial charge in [0.15, 0.2) is 0 Å². The van der Waals surface area contributed by atoms with Gasteiger partial charge >= 0.3 is 0 Å². The summed E-state index contributed by atoms with van der Waals surface area (Å²) in [4.78, 5) is 0.176.